The van der Waals surface area contributed by atoms with Crippen molar-refractivity contribution in [1.29, 1.82) is 0 Å². The Labute approximate surface area is 178 Å². The van der Waals surface area contributed by atoms with E-state index >= 15 is 0 Å². The third-order valence-corrected chi connectivity index (χ3v) is 6.19. The minimum atomic E-state index is -0.620. The van der Waals surface area contributed by atoms with Gasteiger partial charge in [0.25, 0.3) is 0 Å². The van der Waals surface area contributed by atoms with Crippen molar-refractivity contribution < 1.29 is 13.6 Å². The van der Waals surface area contributed by atoms with Crippen LogP contribution < -0.4 is 10.2 Å². The van der Waals surface area contributed by atoms with Crippen LogP contribution >= 0.6 is 11.3 Å². The average molecular weight is 429 g/mol. The SMILES string of the molecule is CN(C(=O)Nc1ccc(-c2cc(F)cc(F)c2)cc1)C1CCN(c2nccs2)CC1. The molecule has 1 aromatic heterocycles. The maximum absolute atomic E-state index is 13.4. The lowest BCUT2D eigenvalue weighted by Crippen LogP contribution is -2.47. The van der Waals surface area contributed by atoms with Crippen LogP contribution in [-0.4, -0.2) is 42.1 Å². The molecule has 0 saturated carbocycles. The van der Waals surface area contributed by atoms with Gasteiger partial charge in [0, 0.05) is 49.5 Å². The number of piperidine rings is 1. The number of urea groups is 1. The summed E-state index contributed by atoms with van der Waals surface area (Å²) < 4.78 is 26.9. The van der Waals surface area contributed by atoms with Crippen LogP contribution in [0, 0.1) is 11.6 Å². The molecular formula is C22H22F2N4OS. The van der Waals surface area contributed by atoms with E-state index in [0.717, 1.165) is 37.1 Å². The van der Waals surface area contributed by atoms with Gasteiger partial charge >= 0.3 is 6.03 Å². The van der Waals surface area contributed by atoms with Crippen molar-refractivity contribution in [3.63, 3.8) is 0 Å². The summed E-state index contributed by atoms with van der Waals surface area (Å²) in [5, 5.41) is 5.89. The molecule has 0 unspecified atom stereocenters. The van der Waals surface area contributed by atoms with Crippen LogP contribution in [0.3, 0.4) is 0 Å². The summed E-state index contributed by atoms with van der Waals surface area (Å²) in [6.07, 6.45) is 3.57. The average Bonchev–Trinajstić information content (AvgIpc) is 3.28. The van der Waals surface area contributed by atoms with Gasteiger partial charge < -0.3 is 15.1 Å². The van der Waals surface area contributed by atoms with Gasteiger partial charge in [0.2, 0.25) is 0 Å². The van der Waals surface area contributed by atoms with Crippen molar-refractivity contribution in [3.05, 3.63) is 65.7 Å². The number of anilines is 2. The number of nitrogens with zero attached hydrogens (tertiary/aromatic N) is 3. The van der Waals surface area contributed by atoms with Gasteiger partial charge in [0.1, 0.15) is 11.6 Å². The highest BCUT2D eigenvalue weighted by atomic mass is 32.1. The van der Waals surface area contributed by atoms with Crippen LogP contribution in [0.1, 0.15) is 12.8 Å². The molecule has 4 rings (SSSR count). The molecule has 1 aliphatic heterocycles. The van der Waals surface area contributed by atoms with Crippen molar-refractivity contribution in [2.75, 3.05) is 30.4 Å². The number of carbonyl (C=O) groups is 1. The fourth-order valence-electron chi connectivity index (χ4n) is 3.66. The van der Waals surface area contributed by atoms with Crippen LogP contribution in [-0.2, 0) is 0 Å². The van der Waals surface area contributed by atoms with Crippen LogP contribution in [0.5, 0.6) is 0 Å². The molecule has 30 heavy (non-hydrogen) atoms. The standard InChI is InChI=1S/C22H22F2N4OS/c1-27(20-6-9-28(10-7-20)22-25-8-11-30-22)21(29)26-19-4-2-15(3-5-19)16-12-17(23)14-18(24)13-16/h2-5,8,11-14,20H,6-7,9-10H2,1H3,(H,26,29). The first kappa shape index (κ1) is 20.3. The molecule has 8 heteroatoms. The predicted molar refractivity (Wildman–Crippen MR) is 116 cm³/mol. The first-order valence-corrected chi connectivity index (χ1v) is 10.6. The summed E-state index contributed by atoms with van der Waals surface area (Å²) in [4.78, 5) is 21.0. The van der Waals surface area contributed by atoms with Gasteiger partial charge in [-0.15, -0.1) is 11.3 Å². The van der Waals surface area contributed by atoms with Crippen molar-refractivity contribution in [2.45, 2.75) is 18.9 Å². The molecule has 0 bridgehead atoms. The van der Waals surface area contributed by atoms with Gasteiger partial charge in [-0.25, -0.2) is 18.6 Å². The normalized spacial score (nSPS) is 14.6. The number of thiazole rings is 1. The molecule has 1 aliphatic rings. The molecule has 3 aromatic rings. The fraction of sp³-hybridized carbons (Fsp3) is 0.273. The molecule has 0 atom stereocenters. The predicted octanol–water partition coefficient (Wildman–Crippen LogP) is 5.22. The van der Waals surface area contributed by atoms with Gasteiger partial charge in [-0.3, -0.25) is 0 Å². The third-order valence-electron chi connectivity index (χ3n) is 5.35. The highest BCUT2D eigenvalue weighted by Gasteiger charge is 2.26. The highest BCUT2D eigenvalue weighted by Crippen LogP contribution is 2.25. The van der Waals surface area contributed by atoms with Crippen molar-refractivity contribution in [1.82, 2.24) is 9.88 Å². The highest BCUT2D eigenvalue weighted by molar-refractivity contribution is 7.13. The Morgan fingerprint density at radius 3 is 2.37 bits per heavy atom. The summed E-state index contributed by atoms with van der Waals surface area (Å²) in [5.41, 5.74) is 1.76. The smallest absolute Gasteiger partial charge is 0.321 e. The number of hydrogen-bond donors (Lipinski definition) is 1. The van der Waals surface area contributed by atoms with E-state index in [2.05, 4.69) is 15.2 Å². The molecule has 0 radical (unpaired) electrons. The lowest BCUT2D eigenvalue weighted by atomic mass is 10.0. The zero-order valence-corrected chi connectivity index (χ0v) is 17.3. The number of nitrogens with one attached hydrogen (secondary N) is 1. The van der Waals surface area contributed by atoms with E-state index in [9.17, 15) is 13.6 Å². The topological polar surface area (TPSA) is 48.5 Å². The molecule has 0 aliphatic carbocycles. The van der Waals surface area contributed by atoms with Crippen molar-refractivity contribution in [3.8, 4) is 11.1 Å². The Morgan fingerprint density at radius 2 is 1.77 bits per heavy atom. The molecule has 1 saturated heterocycles. The number of amides is 2. The van der Waals surface area contributed by atoms with Gasteiger partial charge in [-0.1, -0.05) is 12.1 Å². The minimum absolute atomic E-state index is 0.163. The number of carbonyl (C=O) groups excluding carboxylic acids is 1. The Balaban J connectivity index is 1.34. The van der Waals surface area contributed by atoms with E-state index in [1.807, 2.05) is 18.6 Å². The van der Waals surface area contributed by atoms with E-state index in [4.69, 9.17) is 0 Å². The number of benzene rings is 2. The lowest BCUT2D eigenvalue weighted by molar-refractivity contribution is 0.193. The van der Waals surface area contributed by atoms with E-state index in [1.165, 1.54) is 12.1 Å². The van der Waals surface area contributed by atoms with E-state index in [0.29, 0.717) is 16.8 Å². The summed E-state index contributed by atoms with van der Waals surface area (Å²) >= 11 is 1.63. The quantitative estimate of drug-likeness (QED) is 0.620. The Bertz CT molecular complexity index is 982. The molecular weight excluding hydrogens is 406 g/mol. The van der Waals surface area contributed by atoms with Crippen LogP contribution in [0.25, 0.3) is 11.1 Å². The molecule has 2 heterocycles. The molecule has 1 N–H and O–H groups in total. The summed E-state index contributed by atoms with van der Waals surface area (Å²) in [7, 11) is 1.81. The molecule has 2 aromatic carbocycles. The number of halogens is 2. The maximum Gasteiger partial charge on any atom is 0.321 e. The third kappa shape index (κ3) is 4.59. The second-order valence-electron chi connectivity index (χ2n) is 7.31. The van der Waals surface area contributed by atoms with Gasteiger partial charge in [0.05, 0.1) is 0 Å². The maximum atomic E-state index is 13.4. The van der Waals surface area contributed by atoms with Crippen molar-refractivity contribution in [2.24, 2.45) is 0 Å². The number of rotatable bonds is 4. The summed E-state index contributed by atoms with van der Waals surface area (Å²) in [6.45, 7) is 1.74. The number of hydrogen-bond acceptors (Lipinski definition) is 4. The Hall–Kier alpha value is -3.00. The second kappa shape index (κ2) is 8.79. The molecule has 156 valence electrons. The zero-order valence-electron chi connectivity index (χ0n) is 16.5. The van der Waals surface area contributed by atoms with Crippen molar-refractivity contribution >= 4 is 28.2 Å². The lowest BCUT2D eigenvalue weighted by Gasteiger charge is -2.36. The van der Waals surface area contributed by atoms with Crippen LogP contribution in [0.2, 0.25) is 0 Å². The van der Waals surface area contributed by atoms with Crippen LogP contribution in [0.15, 0.2) is 54.0 Å². The van der Waals surface area contributed by atoms with E-state index in [-0.39, 0.29) is 12.1 Å². The Morgan fingerprint density at radius 1 is 1.10 bits per heavy atom. The first-order valence-electron chi connectivity index (χ1n) is 9.74. The zero-order chi connectivity index (χ0) is 21.1. The largest absolute Gasteiger partial charge is 0.348 e. The van der Waals surface area contributed by atoms with E-state index < -0.39 is 11.6 Å². The number of aromatic nitrogens is 1. The molecule has 0 spiro atoms. The van der Waals surface area contributed by atoms with Crippen LogP contribution in [0.4, 0.5) is 24.4 Å². The van der Waals surface area contributed by atoms with E-state index in [1.54, 1.807) is 40.5 Å². The monoisotopic (exact) mass is 428 g/mol. The molecule has 2 amide bonds. The summed E-state index contributed by atoms with van der Waals surface area (Å²) in [5.74, 6) is -1.24. The summed E-state index contributed by atoms with van der Waals surface area (Å²) in [6, 6.07) is 10.3. The van der Waals surface area contributed by atoms with Gasteiger partial charge in [0.15, 0.2) is 5.13 Å². The molecule has 1 fully saturated rings. The Kier molecular flexibility index (Phi) is 5.94. The van der Waals surface area contributed by atoms with Gasteiger partial charge in [-0.05, 0) is 48.2 Å². The first-order chi connectivity index (χ1) is 14.5. The van der Waals surface area contributed by atoms with Gasteiger partial charge in [-0.2, -0.15) is 0 Å². The fourth-order valence-corrected chi connectivity index (χ4v) is 4.36. The second-order valence-corrected chi connectivity index (χ2v) is 8.18. The minimum Gasteiger partial charge on any atom is -0.348 e. The molecule has 5 nitrogen and oxygen atoms in total.